The average molecular weight is 371 g/mol. The average Bonchev–Trinajstić information content (AvgIpc) is 3.01. The zero-order valence-electron chi connectivity index (χ0n) is 14.8. The lowest BCUT2D eigenvalue weighted by Gasteiger charge is -2.16. The van der Waals surface area contributed by atoms with E-state index >= 15 is 0 Å². The summed E-state index contributed by atoms with van der Waals surface area (Å²) in [5.74, 6) is -0.918. The monoisotopic (exact) mass is 370 g/mol. The van der Waals surface area contributed by atoms with Gasteiger partial charge in [-0.2, -0.15) is 5.10 Å². The van der Waals surface area contributed by atoms with E-state index < -0.39 is 5.97 Å². The number of fused-ring (bicyclic) bond motifs is 1. The summed E-state index contributed by atoms with van der Waals surface area (Å²) in [5.41, 5.74) is 3.95. The highest BCUT2D eigenvalue weighted by molar-refractivity contribution is 6.30. The van der Waals surface area contributed by atoms with Crippen molar-refractivity contribution in [2.75, 3.05) is 0 Å². The van der Waals surface area contributed by atoms with Crippen LogP contribution in [-0.4, -0.2) is 30.8 Å². The maximum absolute atomic E-state index is 11.1. The van der Waals surface area contributed by atoms with Gasteiger partial charge in [0.05, 0.1) is 16.9 Å². The Balaban J connectivity index is 2.45. The van der Waals surface area contributed by atoms with Gasteiger partial charge < -0.3 is 5.11 Å². The van der Waals surface area contributed by atoms with Crippen LogP contribution >= 0.6 is 11.6 Å². The van der Waals surface area contributed by atoms with Gasteiger partial charge in [-0.25, -0.2) is 14.5 Å². The van der Waals surface area contributed by atoms with Gasteiger partial charge in [0.2, 0.25) is 0 Å². The number of carboxylic acids is 1. The van der Waals surface area contributed by atoms with Crippen LogP contribution in [0.15, 0.2) is 30.7 Å². The molecule has 7 heteroatoms. The number of nitrogens with zero attached hydrogens (tertiary/aromatic N) is 4. The Bertz CT molecular complexity index is 1010. The van der Waals surface area contributed by atoms with Gasteiger partial charge in [0.25, 0.3) is 0 Å². The second kappa shape index (κ2) is 7.25. The summed E-state index contributed by atoms with van der Waals surface area (Å²) in [6.45, 7) is 6.74. The number of aryl methyl sites for hydroxylation is 1. The van der Waals surface area contributed by atoms with Crippen molar-refractivity contribution in [1.29, 1.82) is 0 Å². The van der Waals surface area contributed by atoms with E-state index in [-0.39, 0.29) is 5.92 Å². The SMILES string of the molecule is CCn1ncc2c(-c3cncc(Cl)c3)c(/C=C/C(=O)O)c(C(C)C)nc21. The number of aromatic nitrogens is 4. The lowest BCUT2D eigenvalue weighted by Crippen LogP contribution is -2.04. The smallest absolute Gasteiger partial charge is 0.328 e. The molecule has 0 aliphatic heterocycles. The van der Waals surface area contributed by atoms with Crippen molar-refractivity contribution in [1.82, 2.24) is 19.7 Å². The van der Waals surface area contributed by atoms with Crippen molar-refractivity contribution in [3.8, 4) is 11.1 Å². The molecule has 0 radical (unpaired) electrons. The standard InChI is InChI=1S/C19H19ClN4O2/c1-4-24-19-15(10-22-24)17(12-7-13(20)9-21-8-12)14(5-6-16(25)26)18(23-19)11(2)3/h5-11H,4H2,1-3H3,(H,25,26)/b6-5+. The molecule has 0 atom stereocenters. The van der Waals surface area contributed by atoms with Crippen molar-refractivity contribution >= 4 is 34.7 Å². The van der Waals surface area contributed by atoms with Crippen molar-refractivity contribution < 1.29 is 9.90 Å². The molecule has 134 valence electrons. The third-order valence-electron chi connectivity index (χ3n) is 4.09. The number of carboxylic acid groups (broad SMARTS) is 1. The summed E-state index contributed by atoms with van der Waals surface area (Å²) in [6, 6.07) is 1.81. The Morgan fingerprint density at radius 3 is 2.73 bits per heavy atom. The lowest BCUT2D eigenvalue weighted by molar-refractivity contribution is -0.131. The molecule has 3 heterocycles. The van der Waals surface area contributed by atoms with Gasteiger partial charge in [0.1, 0.15) is 0 Å². The van der Waals surface area contributed by atoms with Gasteiger partial charge in [-0.1, -0.05) is 25.4 Å². The van der Waals surface area contributed by atoms with Crippen molar-refractivity contribution in [2.45, 2.75) is 33.2 Å². The topological polar surface area (TPSA) is 80.9 Å². The van der Waals surface area contributed by atoms with Gasteiger partial charge in [-0.05, 0) is 25.0 Å². The Hall–Kier alpha value is -2.73. The summed E-state index contributed by atoms with van der Waals surface area (Å²) >= 11 is 6.15. The van der Waals surface area contributed by atoms with Gasteiger partial charge in [-0.15, -0.1) is 0 Å². The molecule has 0 saturated heterocycles. The van der Waals surface area contributed by atoms with E-state index in [2.05, 4.69) is 10.1 Å². The minimum atomic E-state index is -1.01. The first-order valence-corrected chi connectivity index (χ1v) is 8.71. The lowest BCUT2D eigenvalue weighted by atomic mass is 9.93. The summed E-state index contributed by atoms with van der Waals surface area (Å²) in [6.07, 6.45) is 7.75. The molecular formula is C19H19ClN4O2. The van der Waals surface area contributed by atoms with Crippen LogP contribution in [0.3, 0.4) is 0 Å². The van der Waals surface area contributed by atoms with Crippen molar-refractivity contribution in [3.05, 3.63) is 47.0 Å². The van der Waals surface area contributed by atoms with Crippen LogP contribution < -0.4 is 0 Å². The van der Waals surface area contributed by atoms with Crippen LogP contribution in [0.5, 0.6) is 0 Å². The number of halogens is 1. The van der Waals surface area contributed by atoms with E-state index in [1.54, 1.807) is 24.7 Å². The summed E-state index contributed by atoms with van der Waals surface area (Å²) in [4.78, 5) is 20.1. The first kappa shape index (κ1) is 18.1. The van der Waals surface area contributed by atoms with Gasteiger partial charge >= 0.3 is 5.97 Å². The normalized spacial score (nSPS) is 11.7. The molecule has 0 fully saturated rings. The summed E-state index contributed by atoms with van der Waals surface area (Å²) in [7, 11) is 0. The number of hydrogen-bond donors (Lipinski definition) is 1. The third kappa shape index (κ3) is 3.32. The fourth-order valence-electron chi connectivity index (χ4n) is 2.98. The molecular weight excluding hydrogens is 352 g/mol. The molecule has 0 bridgehead atoms. The number of pyridine rings is 2. The van der Waals surface area contributed by atoms with E-state index in [9.17, 15) is 4.79 Å². The van der Waals surface area contributed by atoms with Gasteiger partial charge in [0, 0.05) is 47.1 Å². The van der Waals surface area contributed by atoms with Crippen molar-refractivity contribution in [3.63, 3.8) is 0 Å². The fraction of sp³-hybridized carbons (Fsp3) is 0.263. The fourth-order valence-corrected chi connectivity index (χ4v) is 3.15. The number of carbonyl (C=O) groups is 1. The Kier molecular flexibility index (Phi) is 5.04. The second-order valence-electron chi connectivity index (χ2n) is 6.20. The molecule has 0 saturated carbocycles. The van der Waals surface area contributed by atoms with Crippen LogP contribution in [0.4, 0.5) is 0 Å². The molecule has 26 heavy (non-hydrogen) atoms. The highest BCUT2D eigenvalue weighted by atomic mass is 35.5. The second-order valence-corrected chi connectivity index (χ2v) is 6.64. The maximum Gasteiger partial charge on any atom is 0.328 e. The minimum absolute atomic E-state index is 0.0962. The quantitative estimate of drug-likeness (QED) is 0.673. The molecule has 3 aromatic heterocycles. The van der Waals surface area contributed by atoms with E-state index in [1.807, 2.05) is 31.5 Å². The number of rotatable bonds is 5. The predicted octanol–water partition coefficient (Wildman–Crippen LogP) is 4.39. The van der Waals surface area contributed by atoms with Crippen LogP contribution in [0.2, 0.25) is 5.02 Å². The molecule has 6 nitrogen and oxygen atoms in total. The van der Waals surface area contributed by atoms with Crippen molar-refractivity contribution in [2.24, 2.45) is 0 Å². The Morgan fingerprint density at radius 2 is 2.12 bits per heavy atom. The van der Waals surface area contributed by atoms with Crippen LogP contribution in [0.25, 0.3) is 28.2 Å². The highest BCUT2D eigenvalue weighted by Gasteiger charge is 2.20. The Labute approximate surface area is 156 Å². The molecule has 3 aromatic rings. The van der Waals surface area contributed by atoms with Gasteiger partial charge in [0.15, 0.2) is 5.65 Å². The number of aliphatic carboxylic acids is 1. The minimum Gasteiger partial charge on any atom is -0.478 e. The first-order valence-electron chi connectivity index (χ1n) is 8.33. The molecule has 0 aromatic carbocycles. The molecule has 0 aliphatic rings. The molecule has 3 rings (SSSR count). The predicted molar refractivity (Wildman–Crippen MR) is 102 cm³/mol. The van der Waals surface area contributed by atoms with E-state index in [4.69, 9.17) is 21.7 Å². The largest absolute Gasteiger partial charge is 0.478 e. The maximum atomic E-state index is 11.1. The summed E-state index contributed by atoms with van der Waals surface area (Å²) < 4.78 is 1.83. The van der Waals surface area contributed by atoms with Crippen LogP contribution in [0.1, 0.15) is 37.9 Å². The zero-order valence-corrected chi connectivity index (χ0v) is 15.5. The van der Waals surface area contributed by atoms with E-state index in [0.29, 0.717) is 11.6 Å². The highest BCUT2D eigenvalue weighted by Crippen LogP contribution is 2.36. The zero-order chi connectivity index (χ0) is 18.8. The molecule has 1 N–H and O–H groups in total. The molecule has 0 amide bonds. The molecule has 0 unspecified atom stereocenters. The van der Waals surface area contributed by atoms with Crippen LogP contribution in [-0.2, 0) is 11.3 Å². The van der Waals surface area contributed by atoms with Gasteiger partial charge in [-0.3, -0.25) is 4.98 Å². The Morgan fingerprint density at radius 1 is 1.35 bits per heavy atom. The number of hydrogen-bond acceptors (Lipinski definition) is 4. The van der Waals surface area contributed by atoms with Crippen LogP contribution in [0, 0.1) is 0 Å². The summed E-state index contributed by atoms with van der Waals surface area (Å²) in [5, 5.41) is 14.9. The van der Waals surface area contributed by atoms with E-state index in [0.717, 1.165) is 39.5 Å². The molecule has 0 spiro atoms. The van der Waals surface area contributed by atoms with E-state index in [1.165, 1.54) is 0 Å². The first-order chi connectivity index (χ1) is 12.4. The third-order valence-corrected chi connectivity index (χ3v) is 4.29. The molecule has 0 aliphatic carbocycles.